The molecule has 0 saturated carbocycles. The van der Waals surface area contributed by atoms with Gasteiger partial charge in [-0.3, -0.25) is 43.2 Å². The van der Waals surface area contributed by atoms with Crippen LogP contribution in [-0.4, -0.2) is 188 Å². The van der Waals surface area contributed by atoms with Gasteiger partial charge in [0, 0.05) is 53.3 Å². The lowest BCUT2D eigenvalue weighted by Gasteiger charge is -2.32. The van der Waals surface area contributed by atoms with E-state index in [-0.39, 0.29) is 10.6 Å². The first kappa shape index (κ1) is 59.5. The molecule has 3 aliphatic rings. The molecule has 5 rings (SSSR count). The molecule has 9 amide bonds. The Kier molecular flexibility index (Phi) is 22.5. The Morgan fingerprint density at radius 2 is 1.61 bits per heavy atom. The van der Waals surface area contributed by atoms with E-state index in [0.29, 0.717) is 47.9 Å². The molecule has 1 aromatic carbocycles. The molecule has 28 heteroatoms. The van der Waals surface area contributed by atoms with Crippen LogP contribution in [0.25, 0.3) is 10.9 Å². The molecule has 0 aliphatic carbocycles. The highest BCUT2D eigenvalue weighted by Crippen LogP contribution is 2.33. The summed E-state index contributed by atoms with van der Waals surface area (Å²) in [5.41, 5.74) is 11.8. The van der Waals surface area contributed by atoms with E-state index < -0.39 is 176 Å². The highest BCUT2D eigenvalue weighted by Gasteiger charge is 2.46. The number of hydrogen-bond acceptors (Lipinski definition) is 17. The van der Waals surface area contributed by atoms with E-state index in [0.717, 1.165) is 17.1 Å². The van der Waals surface area contributed by atoms with Gasteiger partial charge in [-0.25, -0.2) is 0 Å². The molecule has 2 aromatic rings. The van der Waals surface area contributed by atoms with Crippen molar-refractivity contribution in [3.8, 4) is 5.75 Å². The molecule has 74 heavy (non-hydrogen) atoms. The summed E-state index contributed by atoms with van der Waals surface area (Å²) in [4.78, 5) is 130. The standard InChI is InChI=1S/C46H69N11O14S3/c1-5-22(2)38-43(67)50-17-36(62)51-32-21-74(70)45-28(27-8-7-26(14-29(27)54-45)71-11-6-12-72-73-23(3)9-10-47)15-30(40(64)49-18-37(63)55-38)52-44(68)39(24(4)34(60)20-58)56-42(66)33-13-25(59)19-57(33)46(69)31(16-35(48)61)53-41(32)65/h7-8,14,22-25,30-34,38-39,54,58-60,70H,5-6,9-13,15-21,47H2,1-4H3,(H8-,48,49,50,51,52,53,55,56,61,62,63,64,65,66,67,68)/p+1/t22-,23?,24-,25?,30-,31-,32?,33-,34-,38-,39-,74?/m0/s1. The van der Waals surface area contributed by atoms with Gasteiger partial charge >= 0.3 is 0 Å². The van der Waals surface area contributed by atoms with Gasteiger partial charge in [-0.05, 0) is 37.4 Å². The molecule has 12 atom stereocenters. The summed E-state index contributed by atoms with van der Waals surface area (Å²) in [6.45, 7) is 4.94. The number of aliphatic hydroxyl groups is 3. The van der Waals surface area contributed by atoms with Crippen LogP contribution in [-0.2, 0) is 60.7 Å². The summed E-state index contributed by atoms with van der Waals surface area (Å²) in [6.07, 6.45) is -2.71. The number of nitrogens with two attached hydrogens (primary N) is 2. The summed E-state index contributed by atoms with van der Waals surface area (Å²) in [7, 11) is 3.44. The van der Waals surface area contributed by atoms with Crippen molar-refractivity contribution in [1.29, 1.82) is 0 Å². The third-order valence-electron chi connectivity index (χ3n) is 13.0. The van der Waals surface area contributed by atoms with Gasteiger partial charge in [0.2, 0.25) is 64.3 Å². The van der Waals surface area contributed by atoms with E-state index in [9.17, 15) is 63.0 Å². The molecular weight excluding hydrogens is 1030 g/mol. The second-order valence-corrected chi connectivity index (χ2v) is 23.1. The first-order chi connectivity index (χ1) is 35.1. The van der Waals surface area contributed by atoms with E-state index in [1.165, 1.54) is 6.92 Å². The Bertz CT molecular complexity index is 2360. The van der Waals surface area contributed by atoms with Gasteiger partial charge in [-0.15, -0.1) is 0 Å². The van der Waals surface area contributed by atoms with Crippen molar-refractivity contribution in [3.63, 3.8) is 0 Å². The van der Waals surface area contributed by atoms with Crippen molar-refractivity contribution in [3.05, 3.63) is 23.8 Å². The minimum Gasteiger partial charge on any atom is -0.493 e. The molecule has 410 valence electrons. The first-order valence-corrected chi connectivity index (χ1v) is 28.2. The smallest absolute Gasteiger partial charge is 0.264 e. The maximum Gasteiger partial charge on any atom is 0.264 e. The van der Waals surface area contributed by atoms with Crippen molar-refractivity contribution in [2.24, 2.45) is 23.3 Å². The molecule has 25 nitrogen and oxygen atoms in total. The van der Waals surface area contributed by atoms with Crippen LogP contribution in [0.2, 0.25) is 0 Å². The fourth-order valence-electron chi connectivity index (χ4n) is 8.55. The van der Waals surface area contributed by atoms with Crippen LogP contribution in [0.5, 0.6) is 5.75 Å². The Labute approximate surface area is 438 Å². The van der Waals surface area contributed by atoms with Crippen LogP contribution in [0.3, 0.4) is 0 Å². The Balaban J connectivity index is 1.68. The molecule has 3 aliphatic heterocycles. The van der Waals surface area contributed by atoms with Gasteiger partial charge in [0.1, 0.15) is 36.0 Å². The third kappa shape index (κ3) is 16.1. The zero-order chi connectivity index (χ0) is 54.4. The van der Waals surface area contributed by atoms with Gasteiger partial charge < -0.3 is 78.6 Å². The largest absolute Gasteiger partial charge is 0.493 e. The quantitative estimate of drug-likeness (QED) is 0.0443. The number of fused-ring (bicyclic) bond motifs is 5. The molecule has 1 saturated heterocycles. The van der Waals surface area contributed by atoms with Crippen LogP contribution in [0.1, 0.15) is 65.4 Å². The van der Waals surface area contributed by atoms with Gasteiger partial charge in [0.15, 0.2) is 11.8 Å². The average Bonchev–Trinajstić information content (AvgIpc) is 3.94. The van der Waals surface area contributed by atoms with E-state index in [1.807, 2.05) is 0 Å². The molecule has 0 radical (unpaired) electrons. The highest BCUT2D eigenvalue weighted by molar-refractivity contribution is 8.76. The molecular formula is C46H70N11O14S3+. The van der Waals surface area contributed by atoms with Gasteiger partial charge in [0.05, 0.1) is 50.4 Å². The van der Waals surface area contributed by atoms with Crippen LogP contribution in [0.4, 0.5) is 0 Å². The highest BCUT2D eigenvalue weighted by atomic mass is 33.1. The molecule has 1 fully saturated rings. The fraction of sp³-hybridized carbons (Fsp3) is 0.630. The first-order valence-electron chi connectivity index (χ1n) is 24.4. The Hall–Kier alpha value is -5.36. The number of hydrogen-bond donors (Lipinski definition) is 14. The topological polar surface area (TPSA) is 399 Å². The van der Waals surface area contributed by atoms with Gasteiger partial charge in [-0.1, -0.05) is 55.7 Å². The number of amides is 9. The summed E-state index contributed by atoms with van der Waals surface area (Å²) >= 11 is -2.12. The fourth-order valence-corrected chi connectivity index (χ4v) is 12.4. The zero-order valence-corrected chi connectivity index (χ0v) is 44.1. The maximum atomic E-state index is 14.7. The molecule has 1 aromatic heterocycles. The second kappa shape index (κ2) is 28.0. The van der Waals surface area contributed by atoms with Crippen molar-refractivity contribution in [2.75, 3.05) is 50.9 Å². The number of carbonyl (C=O) groups excluding carboxylic acids is 9. The predicted molar refractivity (Wildman–Crippen MR) is 276 cm³/mol. The lowest BCUT2D eigenvalue weighted by atomic mass is 9.93. The van der Waals surface area contributed by atoms with Crippen LogP contribution in [0.15, 0.2) is 23.2 Å². The average molecular weight is 1100 g/mol. The molecule has 16 N–H and O–H groups in total. The Morgan fingerprint density at radius 1 is 0.905 bits per heavy atom. The number of carbonyl (C=O) groups is 9. The normalized spacial score (nSPS) is 26.7. The minimum atomic E-state index is -2.12. The zero-order valence-electron chi connectivity index (χ0n) is 41.7. The SMILES string of the molecule is CC[C@H](C)[C@@H]1NC(=O)CNC(=O)[C@@H]2Cc3c([nH]c4cc(OCCCSSC(C)CCN)ccc34)[S+](O)CC(NC(=O)CNC1=O)C(=O)N[C@@H](CC(N)=O)C(=O)N1CC(O)C[C@H]1C(=O)N[C@@H]([C@@H](C)[C@@H](O)CO)C(=O)N2. The van der Waals surface area contributed by atoms with Crippen LogP contribution < -0.4 is 53.4 Å². The lowest BCUT2D eigenvalue weighted by Crippen LogP contribution is -2.62. The summed E-state index contributed by atoms with van der Waals surface area (Å²) in [5, 5.41) is 50.0. The van der Waals surface area contributed by atoms with E-state index in [4.69, 9.17) is 16.2 Å². The number of nitrogens with zero attached hydrogens (tertiary/aromatic N) is 1. The molecule has 4 heterocycles. The number of aromatic amines is 1. The van der Waals surface area contributed by atoms with Gasteiger partial charge in [0.25, 0.3) is 5.03 Å². The van der Waals surface area contributed by atoms with Crippen molar-refractivity contribution in [1.82, 2.24) is 47.1 Å². The number of nitrogens with one attached hydrogen (secondary N) is 8. The summed E-state index contributed by atoms with van der Waals surface area (Å²) in [5.74, 6) is -10.1. The van der Waals surface area contributed by atoms with Crippen molar-refractivity contribution < 1.29 is 67.8 Å². The number of aromatic nitrogens is 1. The minimum absolute atomic E-state index is 0.00790. The second-order valence-electron chi connectivity index (χ2n) is 18.7. The monoisotopic (exact) mass is 1100 g/mol. The lowest BCUT2D eigenvalue weighted by molar-refractivity contribution is -0.144. The third-order valence-corrected chi connectivity index (χ3v) is 17.5. The number of rotatable bonds is 16. The van der Waals surface area contributed by atoms with E-state index >= 15 is 0 Å². The number of primary amides is 1. The molecule has 2 bridgehead atoms. The van der Waals surface area contributed by atoms with Crippen LogP contribution in [0, 0.1) is 11.8 Å². The molecule has 4 unspecified atom stereocenters. The van der Waals surface area contributed by atoms with Crippen LogP contribution >= 0.6 is 21.6 Å². The van der Waals surface area contributed by atoms with Crippen molar-refractivity contribution >= 4 is 96.8 Å². The Morgan fingerprint density at radius 3 is 2.28 bits per heavy atom. The summed E-state index contributed by atoms with van der Waals surface area (Å²) < 4.78 is 18.4. The maximum absolute atomic E-state index is 14.7. The number of aliphatic hydroxyl groups excluding tert-OH is 3. The molecule has 0 spiro atoms. The van der Waals surface area contributed by atoms with Gasteiger partial charge in [-0.2, -0.15) is 4.55 Å². The number of benzene rings is 1. The number of ether oxygens (including phenoxy) is 1. The number of H-pyrrole nitrogens is 1. The van der Waals surface area contributed by atoms with Crippen molar-refractivity contribution in [2.45, 2.75) is 125 Å². The predicted octanol–water partition coefficient (Wildman–Crippen LogP) is -3.40. The van der Waals surface area contributed by atoms with E-state index in [2.05, 4.69) is 49.1 Å². The van der Waals surface area contributed by atoms with E-state index in [1.54, 1.807) is 53.6 Å². The summed E-state index contributed by atoms with van der Waals surface area (Å²) in [6, 6.07) is -4.83.